The standard InChI is InChI=1S/C14H26N2/c1-10-2-5-14(15)9-16(10)8-13-7-11-3-4-12(13)6-11/h10-14H,2-9,15H2,1H3. The molecule has 2 N–H and O–H groups in total. The molecular formula is C14H26N2. The van der Waals surface area contributed by atoms with E-state index in [0.29, 0.717) is 6.04 Å². The second-order valence-electron chi connectivity index (χ2n) is 6.58. The fraction of sp³-hybridized carbons (Fsp3) is 1.00. The number of hydrogen-bond donors (Lipinski definition) is 1. The van der Waals surface area contributed by atoms with Crippen LogP contribution < -0.4 is 5.73 Å². The van der Waals surface area contributed by atoms with Crippen LogP contribution in [-0.4, -0.2) is 30.1 Å². The molecule has 3 aliphatic rings. The highest BCUT2D eigenvalue weighted by Crippen LogP contribution is 2.48. The van der Waals surface area contributed by atoms with E-state index >= 15 is 0 Å². The van der Waals surface area contributed by atoms with Gasteiger partial charge in [-0.1, -0.05) is 6.42 Å². The van der Waals surface area contributed by atoms with Gasteiger partial charge < -0.3 is 5.73 Å². The molecule has 0 spiro atoms. The van der Waals surface area contributed by atoms with Gasteiger partial charge >= 0.3 is 0 Å². The summed E-state index contributed by atoms with van der Waals surface area (Å²) in [6, 6.07) is 1.22. The second-order valence-corrected chi connectivity index (χ2v) is 6.58. The quantitative estimate of drug-likeness (QED) is 0.776. The van der Waals surface area contributed by atoms with Gasteiger partial charge in [0, 0.05) is 25.2 Å². The minimum absolute atomic E-state index is 0.440. The zero-order chi connectivity index (χ0) is 11.1. The SMILES string of the molecule is CC1CCC(N)CN1CC1CC2CCC1C2. The van der Waals surface area contributed by atoms with Gasteiger partial charge in [0.15, 0.2) is 0 Å². The van der Waals surface area contributed by atoms with Crippen molar-refractivity contribution in [3.8, 4) is 0 Å². The summed E-state index contributed by atoms with van der Waals surface area (Å²) in [4.78, 5) is 2.68. The Hall–Kier alpha value is -0.0800. The van der Waals surface area contributed by atoms with Gasteiger partial charge in [0.2, 0.25) is 0 Å². The first kappa shape index (κ1) is 11.0. The van der Waals surface area contributed by atoms with E-state index in [9.17, 15) is 0 Å². The Kier molecular flexibility index (Phi) is 2.97. The van der Waals surface area contributed by atoms with E-state index < -0.39 is 0 Å². The van der Waals surface area contributed by atoms with Crippen molar-refractivity contribution in [1.82, 2.24) is 4.90 Å². The maximum absolute atomic E-state index is 6.10. The summed E-state index contributed by atoms with van der Waals surface area (Å²) in [7, 11) is 0. The minimum atomic E-state index is 0.440. The summed E-state index contributed by atoms with van der Waals surface area (Å²) >= 11 is 0. The first-order valence-corrected chi connectivity index (χ1v) is 7.22. The number of fused-ring (bicyclic) bond motifs is 2. The highest BCUT2D eigenvalue weighted by molar-refractivity contribution is 4.93. The van der Waals surface area contributed by atoms with Crippen molar-refractivity contribution in [3.05, 3.63) is 0 Å². The lowest BCUT2D eigenvalue weighted by Gasteiger charge is -2.39. The first-order valence-electron chi connectivity index (χ1n) is 7.22. The lowest BCUT2D eigenvalue weighted by Crippen LogP contribution is -2.49. The molecule has 0 aromatic heterocycles. The van der Waals surface area contributed by atoms with E-state index in [1.165, 1.54) is 38.6 Å². The number of nitrogens with zero attached hydrogens (tertiary/aromatic N) is 1. The molecule has 2 bridgehead atoms. The molecular weight excluding hydrogens is 196 g/mol. The largest absolute Gasteiger partial charge is 0.327 e. The molecule has 5 atom stereocenters. The summed E-state index contributed by atoms with van der Waals surface area (Å²) in [5.41, 5.74) is 6.10. The fourth-order valence-electron chi connectivity index (χ4n) is 4.37. The van der Waals surface area contributed by atoms with Gasteiger partial charge in [-0.15, -0.1) is 0 Å². The van der Waals surface area contributed by atoms with E-state index in [1.807, 2.05) is 0 Å². The van der Waals surface area contributed by atoms with Gasteiger partial charge in [-0.2, -0.15) is 0 Å². The van der Waals surface area contributed by atoms with Gasteiger partial charge in [0.1, 0.15) is 0 Å². The van der Waals surface area contributed by atoms with Crippen LogP contribution in [0.5, 0.6) is 0 Å². The zero-order valence-electron chi connectivity index (χ0n) is 10.6. The fourth-order valence-corrected chi connectivity index (χ4v) is 4.37. The van der Waals surface area contributed by atoms with Crippen LogP contribution in [0.1, 0.15) is 45.4 Å². The maximum atomic E-state index is 6.10. The molecule has 2 nitrogen and oxygen atoms in total. The van der Waals surface area contributed by atoms with Crippen LogP contribution in [0, 0.1) is 17.8 Å². The molecule has 1 aliphatic heterocycles. The Bertz CT molecular complexity index is 253. The van der Waals surface area contributed by atoms with Crippen molar-refractivity contribution in [1.29, 1.82) is 0 Å². The number of likely N-dealkylation sites (tertiary alicyclic amines) is 1. The van der Waals surface area contributed by atoms with E-state index in [4.69, 9.17) is 5.73 Å². The summed E-state index contributed by atoms with van der Waals surface area (Å²) in [6.07, 6.45) is 8.64. The molecule has 3 rings (SSSR count). The third kappa shape index (κ3) is 2.02. The van der Waals surface area contributed by atoms with E-state index in [-0.39, 0.29) is 0 Å². The summed E-state index contributed by atoms with van der Waals surface area (Å²) in [5.74, 6) is 3.16. The van der Waals surface area contributed by atoms with Crippen LogP contribution in [0.25, 0.3) is 0 Å². The number of piperidine rings is 1. The zero-order valence-corrected chi connectivity index (χ0v) is 10.6. The first-order chi connectivity index (χ1) is 7.72. The van der Waals surface area contributed by atoms with Crippen LogP contribution >= 0.6 is 0 Å². The normalized spacial score (nSPS) is 48.8. The number of nitrogens with two attached hydrogens (primary N) is 1. The molecule has 1 heterocycles. The lowest BCUT2D eigenvalue weighted by molar-refractivity contribution is 0.106. The molecule has 0 amide bonds. The molecule has 2 heteroatoms. The van der Waals surface area contributed by atoms with Crippen molar-refractivity contribution in [3.63, 3.8) is 0 Å². The highest BCUT2D eigenvalue weighted by Gasteiger charge is 2.40. The van der Waals surface area contributed by atoms with E-state index in [2.05, 4.69) is 11.8 Å². The average molecular weight is 222 g/mol. The molecule has 5 unspecified atom stereocenters. The van der Waals surface area contributed by atoms with Crippen LogP contribution in [0.15, 0.2) is 0 Å². The number of hydrogen-bond acceptors (Lipinski definition) is 2. The van der Waals surface area contributed by atoms with Crippen molar-refractivity contribution < 1.29 is 0 Å². The Labute approximate surface area is 99.6 Å². The van der Waals surface area contributed by atoms with Gasteiger partial charge in [0.25, 0.3) is 0 Å². The molecule has 0 aromatic rings. The molecule has 16 heavy (non-hydrogen) atoms. The Balaban J connectivity index is 1.57. The lowest BCUT2D eigenvalue weighted by atomic mass is 9.87. The Morgan fingerprint density at radius 1 is 1.12 bits per heavy atom. The van der Waals surface area contributed by atoms with Crippen LogP contribution in [0.2, 0.25) is 0 Å². The van der Waals surface area contributed by atoms with Crippen molar-refractivity contribution >= 4 is 0 Å². The second kappa shape index (κ2) is 4.30. The predicted octanol–water partition coefficient (Wildman–Crippen LogP) is 2.23. The Morgan fingerprint density at radius 2 is 2.00 bits per heavy atom. The third-order valence-electron chi connectivity index (χ3n) is 5.40. The molecule has 2 aliphatic carbocycles. The average Bonchev–Trinajstić information content (AvgIpc) is 2.85. The van der Waals surface area contributed by atoms with Gasteiger partial charge in [-0.3, -0.25) is 4.90 Å². The smallest absolute Gasteiger partial charge is 0.0168 e. The topological polar surface area (TPSA) is 29.3 Å². The molecule has 92 valence electrons. The monoisotopic (exact) mass is 222 g/mol. The molecule has 0 aromatic carbocycles. The molecule has 1 saturated heterocycles. The maximum Gasteiger partial charge on any atom is 0.0168 e. The van der Waals surface area contributed by atoms with Crippen LogP contribution in [-0.2, 0) is 0 Å². The summed E-state index contributed by atoms with van der Waals surface area (Å²) in [5, 5.41) is 0. The van der Waals surface area contributed by atoms with Crippen molar-refractivity contribution in [2.45, 2.75) is 57.5 Å². The third-order valence-corrected chi connectivity index (χ3v) is 5.40. The van der Waals surface area contributed by atoms with Crippen LogP contribution in [0.3, 0.4) is 0 Å². The van der Waals surface area contributed by atoms with Crippen molar-refractivity contribution in [2.24, 2.45) is 23.5 Å². The molecule has 0 radical (unpaired) electrons. The molecule has 2 saturated carbocycles. The highest BCUT2D eigenvalue weighted by atomic mass is 15.2. The molecule has 3 fully saturated rings. The van der Waals surface area contributed by atoms with Crippen molar-refractivity contribution in [2.75, 3.05) is 13.1 Å². The number of rotatable bonds is 2. The predicted molar refractivity (Wildman–Crippen MR) is 67.2 cm³/mol. The van der Waals surface area contributed by atoms with Crippen LogP contribution in [0.4, 0.5) is 0 Å². The summed E-state index contributed by atoms with van der Waals surface area (Å²) in [6.45, 7) is 4.88. The van der Waals surface area contributed by atoms with Gasteiger partial charge in [-0.25, -0.2) is 0 Å². The van der Waals surface area contributed by atoms with E-state index in [1.54, 1.807) is 6.42 Å². The van der Waals surface area contributed by atoms with Gasteiger partial charge in [0.05, 0.1) is 0 Å². The van der Waals surface area contributed by atoms with Gasteiger partial charge in [-0.05, 0) is 56.8 Å². The van der Waals surface area contributed by atoms with E-state index in [0.717, 1.165) is 30.3 Å². The summed E-state index contributed by atoms with van der Waals surface area (Å²) < 4.78 is 0. The minimum Gasteiger partial charge on any atom is -0.327 e. The Morgan fingerprint density at radius 3 is 2.69 bits per heavy atom.